The van der Waals surface area contributed by atoms with Crippen molar-refractivity contribution >= 4 is 5.97 Å². The van der Waals surface area contributed by atoms with Crippen molar-refractivity contribution in [2.75, 3.05) is 40.8 Å². The third kappa shape index (κ3) is 6.24. The van der Waals surface area contributed by atoms with Gasteiger partial charge in [0.25, 0.3) is 0 Å². The SMILES string of the molecule is C=CCN(CC=C)CCC(C(=O)[O-])[N+](C)(C)C. The van der Waals surface area contributed by atoms with Gasteiger partial charge in [-0.25, -0.2) is 0 Å². The van der Waals surface area contributed by atoms with E-state index in [1.54, 1.807) is 0 Å². The Labute approximate surface area is 104 Å². The Morgan fingerprint density at radius 2 is 1.76 bits per heavy atom. The van der Waals surface area contributed by atoms with Gasteiger partial charge in [0, 0.05) is 26.1 Å². The molecule has 0 bridgehead atoms. The first-order chi connectivity index (χ1) is 7.82. The van der Waals surface area contributed by atoms with Gasteiger partial charge in [0.2, 0.25) is 0 Å². The molecule has 0 amide bonds. The maximum Gasteiger partial charge on any atom is 0.130 e. The highest BCUT2D eigenvalue weighted by Crippen LogP contribution is 2.08. The molecule has 0 rings (SSSR count). The van der Waals surface area contributed by atoms with Crippen LogP contribution in [0.25, 0.3) is 0 Å². The van der Waals surface area contributed by atoms with Crippen molar-refractivity contribution in [1.82, 2.24) is 4.90 Å². The summed E-state index contributed by atoms with van der Waals surface area (Å²) in [4.78, 5) is 13.2. The zero-order chi connectivity index (χ0) is 13.5. The molecule has 98 valence electrons. The fourth-order valence-corrected chi connectivity index (χ4v) is 1.75. The van der Waals surface area contributed by atoms with Gasteiger partial charge < -0.3 is 14.4 Å². The summed E-state index contributed by atoms with van der Waals surface area (Å²) in [6.45, 7) is 9.55. The predicted molar refractivity (Wildman–Crippen MR) is 68.3 cm³/mol. The fraction of sp³-hybridized carbons (Fsp3) is 0.615. The highest BCUT2D eigenvalue weighted by molar-refractivity contribution is 5.69. The Balaban J connectivity index is 4.41. The predicted octanol–water partition coefficient (Wildman–Crippen LogP) is -0.125. The van der Waals surface area contributed by atoms with E-state index in [9.17, 15) is 9.90 Å². The number of carboxylic acids is 1. The van der Waals surface area contributed by atoms with E-state index in [0.29, 0.717) is 17.4 Å². The molecule has 0 fully saturated rings. The number of carbonyl (C=O) groups excluding carboxylic acids is 1. The van der Waals surface area contributed by atoms with Crippen molar-refractivity contribution in [3.63, 3.8) is 0 Å². The van der Waals surface area contributed by atoms with E-state index in [-0.39, 0.29) is 0 Å². The van der Waals surface area contributed by atoms with Gasteiger partial charge in [-0.1, -0.05) is 12.2 Å². The summed E-state index contributed by atoms with van der Waals surface area (Å²) in [5.74, 6) is -0.991. The molecule has 17 heavy (non-hydrogen) atoms. The molecule has 0 saturated heterocycles. The van der Waals surface area contributed by atoms with Gasteiger partial charge in [-0.2, -0.15) is 0 Å². The van der Waals surface area contributed by atoms with E-state index in [1.165, 1.54) is 0 Å². The lowest BCUT2D eigenvalue weighted by Gasteiger charge is -2.35. The van der Waals surface area contributed by atoms with Gasteiger partial charge in [-0.05, 0) is 0 Å². The van der Waals surface area contributed by atoms with Crippen molar-refractivity contribution in [2.45, 2.75) is 12.5 Å². The fourth-order valence-electron chi connectivity index (χ4n) is 1.75. The highest BCUT2D eigenvalue weighted by atomic mass is 16.4. The number of rotatable bonds is 9. The standard InChI is InChI=1S/C13H24N2O2/c1-6-9-14(10-7-2)11-8-12(13(16)17)15(3,4)5/h6-7,12H,1-2,8-11H2,3-5H3. The Kier molecular flexibility index (Phi) is 6.76. The summed E-state index contributed by atoms with van der Waals surface area (Å²) >= 11 is 0. The molecule has 0 aliphatic heterocycles. The molecule has 1 atom stereocenters. The Hall–Kier alpha value is -1.13. The van der Waals surface area contributed by atoms with E-state index in [0.717, 1.165) is 13.1 Å². The van der Waals surface area contributed by atoms with Crippen LogP contribution in [0.2, 0.25) is 0 Å². The van der Waals surface area contributed by atoms with Crippen LogP contribution >= 0.6 is 0 Å². The first kappa shape index (κ1) is 15.9. The van der Waals surface area contributed by atoms with Crippen molar-refractivity contribution in [3.05, 3.63) is 25.3 Å². The molecule has 0 N–H and O–H groups in total. The average molecular weight is 240 g/mol. The average Bonchev–Trinajstić information content (AvgIpc) is 2.15. The second-order valence-electron chi connectivity index (χ2n) is 5.08. The molecule has 0 aromatic heterocycles. The lowest BCUT2D eigenvalue weighted by Crippen LogP contribution is -2.55. The van der Waals surface area contributed by atoms with Crippen molar-refractivity contribution in [2.24, 2.45) is 0 Å². The molecule has 4 nitrogen and oxygen atoms in total. The van der Waals surface area contributed by atoms with Crippen LogP contribution in [0.1, 0.15) is 6.42 Å². The third-order valence-electron chi connectivity index (χ3n) is 2.70. The minimum absolute atomic E-state index is 0.373. The van der Waals surface area contributed by atoms with Crippen LogP contribution in [0.3, 0.4) is 0 Å². The van der Waals surface area contributed by atoms with Crippen molar-refractivity contribution in [3.8, 4) is 0 Å². The van der Waals surface area contributed by atoms with Crippen LogP contribution in [0.4, 0.5) is 0 Å². The molecule has 0 aliphatic rings. The Bertz CT molecular complexity index is 259. The first-order valence-electron chi connectivity index (χ1n) is 5.79. The molecule has 0 radical (unpaired) electrons. The summed E-state index contributed by atoms with van der Waals surface area (Å²) in [7, 11) is 5.60. The molecule has 0 heterocycles. The van der Waals surface area contributed by atoms with Gasteiger partial charge in [0.15, 0.2) is 0 Å². The molecular weight excluding hydrogens is 216 g/mol. The zero-order valence-corrected chi connectivity index (χ0v) is 11.2. The summed E-state index contributed by atoms with van der Waals surface area (Å²) in [6.07, 6.45) is 4.18. The third-order valence-corrected chi connectivity index (χ3v) is 2.70. The number of carboxylic acid groups (broad SMARTS) is 1. The number of hydrogen-bond acceptors (Lipinski definition) is 3. The van der Waals surface area contributed by atoms with Gasteiger partial charge in [-0.15, -0.1) is 13.2 Å². The summed E-state index contributed by atoms with van der Waals surface area (Å²) in [5, 5.41) is 11.1. The Morgan fingerprint density at radius 3 is 2.06 bits per heavy atom. The van der Waals surface area contributed by atoms with E-state index < -0.39 is 12.0 Å². The number of aliphatic carboxylic acids is 1. The van der Waals surface area contributed by atoms with Crippen molar-refractivity contribution in [1.29, 1.82) is 0 Å². The number of quaternary nitrogens is 1. The van der Waals surface area contributed by atoms with Crippen molar-refractivity contribution < 1.29 is 14.4 Å². The second kappa shape index (κ2) is 7.25. The number of likely N-dealkylation sites (N-methyl/N-ethyl adjacent to an activating group) is 1. The number of carbonyl (C=O) groups is 1. The maximum atomic E-state index is 11.1. The summed E-state index contributed by atoms with van der Waals surface area (Å²) in [6, 6.07) is -0.493. The summed E-state index contributed by atoms with van der Waals surface area (Å²) < 4.78 is 0.373. The lowest BCUT2D eigenvalue weighted by molar-refractivity contribution is -0.889. The topological polar surface area (TPSA) is 43.4 Å². The van der Waals surface area contributed by atoms with E-state index in [2.05, 4.69) is 18.1 Å². The second-order valence-corrected chi connectivity index (χ2v) is 5.08. The molecule has 1 unspecified atom stereocenters. The van der Waals surface area contributed by atoms with E-state index >= 15 is 0 Å². The lowest BCUT2D eigenvalue weighted by atomic mass is 10.1. The molecule has 4 heteroatoms. The minimum Gasteiger partial charge on any atom is -0.544 e. The highest BCUT2D eigenvalue weighted by Gasteiger charge is 2.25. The van der Waals surface area contributed by atoms with E-state index in [4.69, 9.17) is 0 Å². The smallest absolute Gasteiger partial charge is 0.130 e. The molecule has 0 aromatic carbocycles. The van der Waals surface area contributed by atoms with Crippen LogP contribution in [0.15, 0.2) is 25.3 Å². The monoisotopic (exact) mass is 240 g/mol. The molecule has 0 saturated carbocycles. The van der Waals surface area contributed by atoms with Gasteiger partial charge in [0.05, 0.1) is 27.1 Å². The van der Waals surface area contributed by atoms with Crippen LogP contribution in [0, 0.1) is 0 Å². The largest absolute Gasteiger partial charge is 0.544 e. The Morgan fingerprint density at radius 1 is 1.29 bits per heavy atom. The first-order valence-corrected chi connectivity index (χ1v) is 5.79. The molecule has 0 spiro atoms. The molecular formula is C13H24N2O2. The number of nitrogens with zero attached hydrogens (tertiary/aromatic N) is 2. The molecule has 0 aliphatic carbocycles. The summed E-state index contributed by atoms with van der Waals surface area (Å²) in [5.41, 5.74) is 0. The van der Waals surface area contributed by atoms with Crippen LogP contribution in [0.5, 0.6) is 0 Å². The quantitative estimate of drug-likeness (QED) is 0.417. The van der Waals surface area contributed by atoms with Gasteiger partial charge in [0.1, 0.15) is 6.04 Å². The maximum absolute atomic E-state index is 11.1. The van der Waals surface area contributed by atoms with Gasteiger partial charge in [-0.3, -0.25) is 4.90 Å². The van der Waals surface area contributed by atoms with Gasteiger partial charge >= 0.3 is 0 Å². The zero-order valence-electron chi connectivity index (χ0n) is 11.2. The van der Waals surface area contributed by atoms with Crippen LogP contribution in [-0.4, -0.2) is 62.2 Å². The minimum atomic E-state index is -0.991. The number of hydrogen-bond donors (Lipinski definition) is 0. The van der Waals surface area contributed by atoms with Crippen LogP contribution < -0.4 is 5.11 Å². The normalized spacial score (nSPS) is 13.4. The van der Waals surface area contributed by atoms with Crippen LogP contribution in [-0.2, 0) is 4.79 Å². The molecule has 0 aromatic rings. The van der Waals surface area contributed by atoms with E-state index in [1.807, 2.05) is 33.3 Å².